The molecule has 0 aliphatic rings. The van der Waals surface area contributed by atoms with Gasteiger partial charge in [-0.2, -0.15) is 0 Å². The molecule has 0 aliphatic heterocycles. The summed E-state index contributed by atoms with van der Waals surface area (Å²) in [5.41, 5.74) is 5.64. The molecule has 0 saturated heterocycles. The minimum Gasteiger partial charge on any atom is -0.401 e. The zero-order valence-corrected chi connectivity index (χ0v) is 50.4. The fourth-order valence-corrected chi connectivity index (χ4v) is 12.3. The molecule has 0 amide bonds. The average Bonchev–Trinajstić information content (AvgIpc) is 3.16. The van der Waals surface area contributed by atoms with Gasteiger partial charge in [-0.25, -0.2) is 4.57 Å². The highest BCUT2D eigenvalue weighted by atomic mass is 31.3. The lowest BCUT2D eigenvalue weighted by Crippen LogP contribution is -2.31. The van der Waals surface area contributed by atoms with Gasteiger partial charge in [0.15, 0.2) is 11.5 Å². The van der Waals surface area contributed by atoms with E-state index in [1.54, 1.807) is 0 Å². The van der Waals surface area contributed by atoms with E-state index in [9.17, 15) is 5.11 Å². The van der Waals surface area contributed by atoms with E-state index in [4.69, 9.17) is 26.9 Å². The van der Waals surface area contributed by atoms with Gasteiger partial charge in [0.2, 0.25) is 0 Å². The Morgan fingerprint density at radius 3 is 1.16 bits per heavy atom. The zero-order chi connectivity index (χ0) is 53.4. The van der Waals surface area contributed by atoms with Crippen LogP contribution in [0.25, 0.3) is 0 Å². The van der Waals surface area contributed by atoms with Crippen LogP contribution in [0.1, 0.15) is 242 Å². The van der Waals surface area contributed by atoms with Crippen molar-refractivity contribution in [2.24, 2.45) is 5.41 Å². The van der Waals surface area contributed by atoms with Gasteiger partial charge in [0.05, 0.1) is 19.8 Å². The van der Waals surface area contributed by atoms with Crippen LogP contribution in [0.5, 0.6) is 17.2 Å². The number of phosphoric acid groups is 1. The Morgan fingerprint density at radius 2 is 0.870 bits per heavy atom. The lowest BCUT2D eigenvalue weighted by Gasteiger charge is -2.35. The highest BCUT2D eigenvalue weighted by Gasteiger charge is 2.63. The van der Waals surface area contributed by atoms with E-state index >= 15 is 4.57 Å². The minimum absolute atomic E-state index is 0.0779. The molecule has 0 saturated carbocycles. The highest BCUT2D eigenvalue weighted by molar-refractivity contribution is 7.67. The van der Waals surface area contributed by atoms with Crippen molar-refractivity contribution in [2.45, 2.75) is 244 Å². The van der Waals surface area contributed by atoms with Gasteiger partial charge in [-0.3, -0.25) is 13.6 Å². The second-order valence-corrected chi connectivity index (χ2v) is 30.6. The summed E-state index contributed by atoms with van der Waals surface area (Å²) >= 11 is 0. The molecule has 0 aromatic heterocycles. The summed E-state index contributed by atoms with van der Waals surface area (Å²) in [4.78, 5) is 0. The average molecular weight is 998 g/mol. The van der Waals surface area contributed by atoms with Crippen molar-refractivity contribution >= 4 is 16.0 Å². The molecule has 3 aromatic carbocycles. The van der Waals surface area contributed by atoms with Crippen molar-refractivity contribution in [2.75, 3.05) is 19.8 Å². The normalized spacial score (nSPS) is 15.5. The number of phosphoric ester groups is 1. The zero-order valence-electron chi connectivity index (χ0n) is 48.6. The Kier molecular flexibility index (Phi) is 19.0. The van der Waals surface area contributed by atoms with Crippen molar-refractivity contribution in [3.8, 4) is 17.2 Å². The predicted molar refractivity (Wildman–Crippen MR) is 294 cm³/mol. The van der Waals surface area contributed by atoms with Crippen LogP contribution in [0.2, 0.25) is 0 Å². The predicted octanol–water partition coefficient (Wildman–Crippen LogP) is 18.4. The smallest absolute Gasteiger partial charge is 0.401 e. The Labute approximate surface area is 423 Å². The molecule has 10 heteroatoms. The molecule has 69 heavy (non-hydrogen) atoms. The number of benzene rings is 3. The van der Waals surface area contributed by atoms with Crippen molar-refractivity contribution in [1.82, 2.24) is 0 Å². The SMILES string of the molecule is CCCCC(CC)(CO)COP(=O)(Oc1c(C(C)(C)C)cc(C(C)(C)C)cc1C(C)(C)C)O[P+](OCC)(Oc1c(C)cc(C(C)(C)C)cc1C(C)(C)C)Oc1c(C)cc(C(C)(C)C)cc1C(C)(C)C. The minimum atomic E-state index is -4.92. The third kappa shape index (κ3) is 15.5. The number of unbranched alkanes of at least 4 members (excludes halogenated alkanes) is 1. The molecule has 3 rings (SSSR count). The molecule has 0 radical (unpaired) electrons. The maximum absolute atomic E-state index is 16.8. The maximum Gasteiger partial charge on any atom is 0.680 e. The van der Waals surface area contributed by atoms with E-state index in [0.717, 1.165) is 62.9 Å². The molecule has 0 aliphatic carbocycles. The fourth-order valence-electron chi connectivity index (χ4n) is 8.21. The van der Waals surface area contributed by atoms with Gasteiger partial charge in [-0.15, -0.1) is 4.52 Å². The third-order valence-electron chi connectivity index (χ3n) is 13.2. The summed E-state index contributed by atoms with van der Waals surface area (Å²) in [7, 11) is -9.32. The number of aliphatic hydroxyl groups excluding tert-OH is 1. The maximum atomic E-state index is 16.8. The lowest BCUT2D eigenvalue weighted by molar-refractivity contribution is 0.0378. The van der Waals surface area contributed by atoms with Crippen molar-refractivity contribution in [1.29, 1.82) is 0 Å². The molecule has 0 bridgehead atoms. The summed E-state index contributed by atoms with van der Waals surface area (Å²) in [5, 5.41) is 11.1. The molecular formula is C59H99O8P2+. The van der Waals surface area contributed by atoms with Crippen LogP contribution < -0.4 is 13.6 Å². The monoisotopic (exact) mass is 998 g/mol. The van der Waals surface area contributed by atoms with Crippen LogP contribution >= 0.6 is 16.0 Å². The quantitative estimate of drug-likeness (QED) is 0.126. The molecule has 2 unspecified atom stereocenters. The van der Waals surface area contributed by atoms with E-state index in [1.165, 1.54) is 0 Å². The second-order valence-electron chi connectivity index (χ2n) is 27.0. The first-order chi connectivity index (χ1) is 31.0. The number of aryl methyl sites for hydroxylation is 2. The van der Waals surface area contributed by atoms with Gasteiger partial charge in [-0.1, -0.05) is 208 Å². The summed E-state index contributed by atoms with van der Waals surface area (Å²) in [6, 6.07) is 13.0. The van der Waals surface area contributed by atoms with Crippen LogP contribution in [0.15, 0.2) is 36.4 Å². The molecule has 3 aromatic rings. The topological polar surface area (TPSA) is 92.7 Å². The van der Waals surface area contributed by atoms with Gasteiger partial charge in [0.25, 0.3) is 0 Å². The van der Waals surface area contributed by atoms with E-state index in [2.05, 4.69) is 189 Å². The van der Waals surface area contributed by atoms with Gasteiger partial charge in [-0.05, 0) is 104 Å². The van der Waals surface area contributed by atoms with Crippen LogP contribution in [0, 0.1) is 19.3 Å². The Hall–Kier alpha value is -2.44. The largest absolute Gasteiger partial charge is 0.680 e. The van der Waals surface area contributed by atoms with Gasteiger partial charge in [0, 0.05) is 27.7 Å². The molecule has 0 heterocycles. The van der Waals surface area contributed by atoms with E-state index in [0.29, 0.717) is 30.1 Å². The highest BCUT2D eigenvalue weighted by Crippen LogP contribution is 2.74. The number of hydrogen-bond donors (Lipinski definition) is 1. The Morgan fingerprint density at radius 1 is 0.522 bits per heavy atom. The van der Waals surface area contributed by atoms with Gasteiger partial charge >= 0.3 is 16.0 Å². The van der Waals surface area contributed by atoms with Crippen molar-refractivity contribution < 1.29 is 36.6 Å². The fraction of sp³-hybridized carbons (Fsp3) is 0.695. The first-order valence-electron chi connectivity index (χ1n) is 25.7. The van der Waals surface area contributed by atoms with Gasteiger partial charge in [0.1, 0.15) is 5.75 Å². The van der Waals surface area contributed by atoms with Crippen LogP contribution in [0.3, 0.4) is 0 Å². The second kappa shape index (κ2) is 21.6. The Bertz CT molecular complexity index is 2140. The van der Waals surface area contributed by atoms with E-state index < -0.39 is 43.1 Å². The van der Waals surface area contributed by atoms with Crippen LogP contribution in [-0.4, -0.2) is 24.9 Å². The molecule has 1 N–H and O–H groups in total. The van der Waals surface area contributed by atoms with Crippen molar-refractivity contribution in [3.63, 3.8) is 0 Å². The number of hydrogen-bond acceptors (Lipinski definition) is 8. The molecule has 2 atom stereocenters. The number of rotatable bonds is 18. The summed E-state index contributed by atoms with van der Waals surface area (Å²) < 4.78 is 59.7. The molecule has 392 valence electrons. The molecule has 8 nitrogen and oxygen atoms in total. The molecule has 0 spiro atoms. The number of aliphatic hydroxyl groups is 1. The standard InChI is InChI=1S/C59H99O8P2/c1-27-30-31-59(28-2,38-60)39-63-68(61,64-51-47(57(21,22)23)36-44(54(12,13)14)37-48(51)58(24,25)26)67-69(62-29-3,65-49-40(4)32-42(52(6,7)8)34-45(49)55(15,16)17)66-50-41(5)33-43(53(9,10)11)35-46(50)56(18,19)20/h32-37,60H,27-31,38-39H2,1-26H3/q+1. The van der Waals surface area contributed by atoms with Crippen LogP contribution in [-0.2, 0) is 55.8 Å². The summed E-state index contributed by atoms with van der Waals surface area (Å²) in [6.45, 7) is 55.5. The summed E-state index contributed by atoms with van der Waals surface area (Å²) in [6.07, 6.45) is 3.00. The van der Waals surface area contributed by atoms with Crippen molar-refractivity contribution in [3.05, 3.63) is 86.5 Å². The first kappa shape index (κ1) is 60.9. The third-order valence-corrected chi connectivity index (χ3v) is 17.1. The van der Waals surface area contributed by atoms with E-state index in [-0.39, 0.29) is 36.1 Å². The molecular weight excluding hydrogens is 899 g/mol. The first-order valence-corrected chi connectivity index (χ1v) is 28.6. The summed E-state index contributed by atoms with van der Waals surface area (Å²) in [5.74, 6) is 1.46. The van der Waals surface area contributed by atoms with Gasteiger partial charge < -0.3 is 9.63 Å². The molecule has 0 fully saturated rings. The Balaban J connectivity index is 2.70. The van der Waals surface area contributed by atoms with E-state index in [1.807, 2.05) is 27.7 Å². The van der Waals surface area contributed by atoms with Crippen LogP contribution in [0.4, 0.5) is 0 Å². The lowest BCUT2D eigenvalue weighted by atomic mass is 9.75.